The molecular weight excluding hydrogens is 984 g/mol. The van der Waals surface area contributed by atoms with Crippen molar-refractivity contribution in [3.63, 3.8) is 0 Å². The summed E-state index contributed by atoms with van der Waals surface area (Å²) in [6.07, 6.45) is 9.73. The number of fused-ring (bicyclic) bond motifs is 10. The van der Waals surface area contributed by atoms with Gasteiger partial charge in [-0.15, -0.1) is 11.3 Å². The molecule has 408 valence electrons. The Kier molecular flexibility index (Phi) is 11.0. The van der Waals surface area contributed by atoms with E-state index in [1.807, 2.05) is 0 Å². The van der Waals surface area contributed by atoms with Gasteiger partial charge in [-0.3, -0.25) is 0 Å². The lowest BCUT2D eigenvalue weighted by Crippen LogP contribution is -2.61. The van der Waals surface area contributed by atoms with Gasteiger partial charge in [0.1, 0.15) is 0 Å². The third-order valence-electron chi connectivity index (χ3n) is 21.9. The molecule has 8 aromatic rings. The maximum Gasteiger partial charge on any atom is 0.264 e. The Balaban J connectivity index is 1.18. The summed E-state index contributed by atoms with van der Waals surface area (Å²) in [6, 6.07) is 51.8. The molecule has 2 bridgehead atoms. The molecule has 7 aromatic carbocycles. The average molecular weight is 1070 g/mol. The Morgan fingerprint density at radius 2 is 0.863 bits per heavy atom. The summed E-state index contributed by atoms with van der Waals surface area (Å²) in [5.41, 5.74) is 28.1. The van der Waals surface area contributed by atoms with E-state index in [0.717, 1.165) is 12.8 Å². The van der Waals surface area contributed by atoms with Crippen LogP contribution < -0.4 is 25.5 Å². The Bertz CT molecular complexity index is 3900. The summed E-state index contributed by atoms with van der Waals surface area (Å²) in [5, 5.41) is 1.42. The molecule has 5 aliphatic carbocycles. The van der Waals surface area contributed by atoms with Crippen LogP contribution in [-0.4, -0.2) is 6.71 Å². The smallest absolute Gasteiger partial charge is 0.264 e. The van der Waals surface area contributed by atoms with Crippen molar-refractivity contribution >= 4 is 78.0 Å². The second kappa shape index (κ2) is 16.9. The molecule has 0 radical (unpaired) electrons. The fourth-order valence-corrected chi connectivity index (χ4v) is 17.4. The third-order valence-corrected chi connectivity index (χ3v) is 23.1. The molecule has 0 unspecified atom stereocenters. The minimum absolute atomic E-state index is 0.00708. The van der Waals surface area contributed by atoms with E-state index >= 15 is 0 Å². The first kappa shape index (κ1) is 52.3. The van der Waals surface area contributed by atoms with Crippen LogP contribution >= 0.6 is 11.3 Å². The van der Waals surface area contributed by atoms with E-state index in [-0.39, 0.29) is 50.0 Å². The van der Waals surface area contributed by atoms with Crippen LogP contribution in [0.5, 0.6) is 0 Å². The van der Waals surface area contributed by atoms with Gasteiger partial charge in [0.15, 0.2) is 0 Å². The third kappa shape index (κ3) is 7.61. The van der Waals surface area contributed by atoms with Gasteiger partial charge in [-0.2, -0.15) is 0 Å². The van der Waals surface area contributed by atoms with Gasteiger partial charge in [-0.1, -0.05) is 184 Å². The Labute approximate surface area is 484 Å². The zero-order valence-electron chi connectivity index (χ0n) is 51.2. The molecule has 2 nitrogen and oxygen atoms in total. The number of hydrogen-bond acceptors (Lipinski definition) is 3. The van der Waals surface area contributed by atoms with Crippen molar-refractivity contribution in [3.05, 3.63) is 172 Å². The van der Waals surface area contributed by atoms with Gasteiger partial charge >= 0.3 is 0 Å². The van der Waals surface area contributed by atoms with Gasteiger partial charge in [0.05, 0.1) is 17.1 Å². The number of thiophene rings is 1. The second-order valence-corrected chi connectivity index (χ2v) is 32.3. The van der Waals surface area contributed by atoms with E-state index in [9.17, 15) is 0 Å². The summed E-state index contributed by atoms with van der Waals surface area (Å²) < 4.78 is 2.91. The van der Waals surface area contributed by atoms with Crippen LogP contribution in [0, 0.1) is 0 Å². The zero-order valence-corrected chi connectivity index (χ0v) is 52.0. The van der Waals surface area contributed by atoms with Crippen molar-refractivity contribution in [2.45, 2.75) is 205 Å². The van der Waals surface area contributed by atoms with Crippen molar-refractivity contribution < 1.29 is 0 Å². The standard InChI is InChI=1S/C76H85BN2S/c1-69(2,3)48-27-28-60(50(37-48)46-23-19-17-20-24-46)79-64-39-49(70(4,5)6)38-63-66(64)77(68-67(79)52-41-57-58(45-65(52)80-68)76(16)35-33-75(57,15)34-36-76)59-42-54-56(74(13,14)32-30-72(54,9)10)44-62(59)78(63)61-43-55-53(71(7,8)29-31-73(55,11)12)40-51(61)47-25-21-18-22-26-47/h17-28,37-45H,29-36H2,1-16H3. The average Bonchev–Trinajstić information content (AvgIpc) is 3.96. The van der Waals surface area contributed by atoms with E-state index in [2.05, 4.69) is 259 Å². The molecule has 0 spiro atoms. The molecule has 15 rings (SSSR count). The van der Waals surface area contributed by atoms with E-state index < -0.39 is 0 Å². The molecule has 7 aliphatic rings. The predicted molar refractivity (Wildman–Crippen MR) is 348 cm³/mol. The molecule has 2 aliphatic heterocycles. The molecule has 0 saturated heterocycles. The number of rotatable bonds is 4. The van der Waals surface area contributed by atoms with Gasteiger partial charge < -0.3 is 9.80 Å². The molecule has 0 atom stereocenters. The Hall–Kier alpha value is -5.84. The van der Waals surface area contributed by atoms with Crippen LogP contribution in [0.3, 0.4) is 0 Å². The molecule has 4 heteroatoms. The van der Waals surface area contributed by atoms with Crippen molar-refractivity contribution in [3.8, 4) is 22.3 Å². The van der Waals surface area contributed by atoms with E-state index in [4.69, 9.17) is 0 Å². The van der Waals surface area contributed by atoms with Crippen LogP contribution in [0.1, 0.15) is 207 Å². The van der Waals surface area contributed by atoms with Crippen molar-refractivity contribution in [2.24, 2.45) is 0 Å². The van der Waals surface area contributed by atoms with Gasteiger partial charge in [-0.25, -0.2) is 0 Å². The van der Waals surface area contributed by atoms with Gasteiger partial charge in [0.25, 0.3) is 6.71 Å². The largest absolute Gasteiger partial charge is 0.311 e. The number of benzene rings is 7. The van der Waals surface area contributed by atoms with Gasteiger partial charge in [0.2, 0.25) is 0 Å². The van der Waals surface area contributed by atoms with Crippen molar-refractivity contribution in [2.75, 3.05) is 9.80 Å². The quantitative estimate of drug-likeness (QED) is 0.162. The maximum absolute atomic E-state index is 2.83. The fourth-order valence-electron chi connectivity index (χ4n) is 16.1. The van der Waals surface area contributed by atoms with E-state index in [1.165, 1.54) is 154 Å². The highest BCUT2D eigenvalue weighted by molar-refractivity contribution is 7.33. The minimum Gasteiger partial charge on any atom is -0.311 e. The summed E-state index contributed by atoms with van der Waals surface area (Å²) in [4.78, 5) is 5.64. The number of hydrogen-bond donors (Lipinski definition) is 0. The Morgan fingerprint density at radius 3 is 1.39 bits per heavy atom. The summed E-state index contributed by atoms with van der Waals surface area (Å²) in [6.45, 7) is 39.7. The van der Waals surface area contributed by atoms with E-state index in [1.54, 1.807) is 11.1 Å². The Morgan fingerprint density at radius 1 is 0.400 bits per heavy atom. The monoisotopic (exact) mass is 1070 g/mol. The molecular formula is C76H85BN2S. The molecule has 1 saturated carbocycles. The second-order valence-electron chi connectivity index (χ2n) is 31.2. The highest BCUT2D eigenvalue weighted by Gasteiger charge is 2.52. The highest BCUT2D eigenvalue weighted by atomic mass is 32.1. The number of nitrogens with zero attached hydrogens (tertiary/aromatic N) is 2. The SMILES string of the molecule is CC(C)(C)c1ccc(N2c3cc(C(C)(C)C)cc4c3B(c3cc5c(cc3N4c3cc4c(cc3-c3ccccc3)C(C)(C)CCC4(C)C)C(C)(C)CCC5(C)C)c3sc4cc5c(cc4c32)C2(C)CCC5(C)CC2)c(-c2ccccc2)c1. The lowest BCUT2D eigenvalue weighted by atomic mass is 9.35. The number of anilines is 6. The molecule has 80 heavy (non-hydrogen) atoms. The lowest BCUT2D eigenvalue weighted by Gasteiger charge is -2.52. The zero-order chi connectivity index (χ0) is 56.2. The fraction of sp³-hybridized carbons (Fsp3) is 0.421. The lowest BCUT2D eigenvalue weighted by molar-refractivity contribution is 0.188. The maximum atomic E-state index is 2.83. The van der Waals surface area contributed by atoms with Crippen LogP contribution in [0.2, 0.25) is 0 Å². The first-order valence-electron chi connectivity index (χ1n) is 30.6. The van der Waals surface area contributed by atoms with Gasteiger partial charge in [-0.05, 0) is 216 Å². The summed E-state index contributed by atoms with van der Waals surface area (Å²) in [7, 11) is 0. The first-order valence-corrected chi connectivity index (χ1v) is 31.4. The van der Waals surface area contributed by atoms with Crippen molar-refractivity contribution in [1.29, 1.82) is 0 Å². The summed E-state index contributed by atoms with van der Waals surface area (Å²) >= 11 is 2.11. The molecule has 0 amide bonds. The normalized spacial score (nSPS) is 22.5. The molecule has 3 heterocycles. The highest BCUT2D eigenvalue weighted by Crippen LogP contribution is 2.61. The first-order chi connectivity index (χ1) is 37.6. The minimum atomic E-state index is -0.164. The van der Waals surface area contributed by atoms with Crippen LogP contribution in [0.4, 0.5) is 34.1 Å². The van der Waals surface area contributed by atoms with Crippen molar-refractivity contribution in [1.82, 2.24) is 0 Å². The van der Waals surface area contributed by atoms with Crippen LogP contribution in [0.15, 0.2) is 127 Å². The van der Waals surface area contributed by atoms with Gasteiger partial charge in [0, 0.05) is 43.1 Å². The predicted octanol–water partition coefficient (Wildman–Crippen LogP) is 19.7. The molecule has 1 aromatic heterocycles. The van der Waals surface area contributed by atoms with Crippen LogP contribution in [-0.2, 0) is 43.3 Å². The van der Waals surface area contributed by atoms with E-state index in [0.29, 0.717) is 0 Å². The molecule has 1 fully saturated rings. The summed E-state index contributed by atoms with van der Waals surface area (Å²) in [5.74, 6) is 0. The van der Waals surface area contributed by atoms with Crippen LogP contribution in [0.25, 0.3) is 32.3 Å². The molecule has 0 N–H and O–H groups in total. The topological polar surface area (TPSA) is 6.48 Å².